The molecule has 0 aliphatic carbocycles. The Bertz CT molecular complexity index is 913. The van der Waals surface area contributed by atoms with Crippen LogP contribution in [0.2, 0.25) is 5.02 Å². The molecular weight excluding hydrogens is 418 g/mol. The Labute approximate surface area is 187 Å². The van der Waals surface area contributed by atoms with E-state index in [1.165, 1.54) is 0 Å². The van der Waals surface area contributed by atoms with Crippen molar-refractivity contribution in [1.29, 1.82) is 0 Å². The van der Waals surface area contributed by atoms with Crippen LogP contribution in [0.3, 0.4) is 0 Å². The third-order valence-corrected chi connectivity index (χ3v) is 5.63. The van der Waals surface area contributed by atoms with E-state index in [-0.39, 0.29) is 25.0 Å². The van der Waals surface area contributed by atoms with Crippen LogP contribution >= 0.6 is 11.6 Å². The van der Waals surface area contributed by atoms with E-state index in [0.717, 1.165) is 16.9 Å². The van der Waals surface area contributed by atoms with Gasteiger partial charge in [0.15, 0.2) is 13.2 Å². The Morgan fingerprint density at radius 3 is 2.52 bits per heavy atom. The van der Waals surface area contributed by atoms with Crippen LogP contribution in [0.5, 0.6) is 5.75 Å². The second-order valence-electron chi connectivity index (χ2n) is 7.80. The molecule has 1 aliphatic heterocycles. The standard InChI is InChI=1S/C23H28ClN3O4/c1-16(2)18-13-19(24)17(3)12-20(18)30-15-23(29)31-14-22(28)27-10-8-26(9-11-27)21-6-4-5-7-25-21/h4-7,12-13,16H,8-11,14-15H2,1-3H3. The summed E-state index contributed by atoms with van der Waals surface area (Å²) in [6, 6.07) is 9.44. The molecule has 8 heteroatoms. The molecule has 0 unspecified atom stereocenters. The maximum Gasteiger partial charge on any atom is 0.344 e. The number of esters is 1. The first-order valence-corrected chi connectivity index (χ1v) is 10.7. The lowest BCUT2D eigenvalue weighted by atomic mass is 10.0. The van der Waals surface area contributed by atoms with Crippen LogP contribution in [-0.4, -0.2) is 61.2 Å². The fourth-order valence-electron chi connectivity index (χ4n) is 3.38. The SMILES string of the molecule is Cc1cc(OCC(=O)OCC(=O)N2CCN(c3ccccn3)CC2)c(C(C)C)cc1Cl. The minimum atomic E-state index is -0.581. The molecule has 3 rings (SSSR count). The number of anilines is 1. The maximum atomic E-state index is 12.4. The number of amides is 1. The third kappa shape index (κ3) is 6.10. The van der Waals surface area contributed by atoms with Crippen molar-refractivity contribution in [1.82, 2.24) is 9.88 Å². The van der Waals surface area contributed by atoms with E-state index in [9.17, 15) is 9.59 Å². The predicted molar refractivity (Wildman–Crippen MR) is 120 cm³/mol. The Balaban J connectivity index is 1.44. The predicted octanol–water partition coefficient (Wildman–Crippen LogP) is 3.44. The van der Waals surface area contributed by atoms with Crippen molar-refractivity contribution in [2.75, 3.05) is 44.3 Å². The Morgan fingerprint density at radius 2 is 1.87 bits per heavy atom. The van der Waals surface area contributed by atoms with Crippen LogP contribution in [0.4, 0.5) is 5.82 Å². The normalized spacial score (nSPS) is 14.0. The quantitative estimate of drug-likeness (QED) is 0.608. The summed E-state index contributed by atoms with van der Waals surface area (Å²) in [6.45, 7) is 7.88. The fraction of sp³-hybridized carbons (Fsp3) is 0.435. The summed E-state index contributed by atoms with van der Waals surface area (Å²) in [5.74, 6) is 0.902. The van der Waals surface area contributed by atoms with Gasteiger partial charge in [0.1, 0.15) is 11.6 Å². The summed E-state index contributed by atoms with van der Waals surface area (Å²) in [4.78, 5) is 32.7. The molecule has 31 heavy (non-hydrogen) atoms. The largest absolute Gasteiger partial charge is 0.482 e. The number of aromatic nitrogens is 1. The first-order chi connectivity index (χ1) is 14.8. The first kappa shape index (κ1) is 22.9. The third-order valence-electron chi connectivity index (χ3n) is 5.22. The van der Waals surface area contributed by atoms with E-state index >= 15 is 0 Å². The zero-order valence-electron chi connectivity index (χ0n) is 18.1. The molecule has 1 fully saturated rings. The second-order valence-corrected chi connectivity index (χ2v) is 8.21. The van der Waals surface area contributed by atoms with Gasteiger partial charge >= 0.3 is 5.97 Å². The minimum Gasteiger partial charge on any atom is -0.482 e. The Hall–Kier alpha value is -2.80. The summed E-state index contributed by atoms with van der Waals surface area (Å²) < 4.78 is 10.8. The Morgan fingerprint density at radius 1 is 1.13 bits per heavy atom. The van der Waals surface area contributed by atoms with Crippen LogP contribution < -0.4 is 9.64 Å². The highest BCUT2D eigenvalue weighted by atomic mass is 35.5. The van der Waals surface area contributed by atoms with Crippen LogP contribution in [-0.2, 0) is 14.3 Å². The average molecular weight is 446 g/mol. The van der Waals surface area contributed by atoms with E-state index in [1.807, 2.05) is 51.1 Å². The molecule has 0 atom stereocenters. The van der Waals surface area contributed by atoms with Crippen LogP contribution in [0.1, 0.15) is 30.9 Å². The number of carbonyl (C=O) groups excluding carboxylic acids is 2. The van der Waals surface area contributed by atoms with Crippen LogP contribution in [0.15, 0.2) is 36.5 Å². The van der Waals surface area contributed by atoms with Gasteiger partial charge in [0, 0.05) is 37.4 Å². The van der Waals surface area contributed by atoms with E-state index in [0.29, 0.717) is 37.0 Å². The van der Waals surface area contributed by atoms with Crippen molar-refractivity contribution < 1.29 is 19.1 Å². The highest BCUT2D eigenvalue weighted by molar-refractivity contribution is 6.31. The van der Waals surface area contributed by atoms with Gasteiger partial charge in [-0.1, -0.05) is 31.5 Å². The number of ether oxygens (including phenoxy) is 2. The molecule has 2 aromatic rings. The first-order valence-electron chi connectivity index (χ1n) is 10.4. The molecule has 0 N–H and O–H groups in total. The average Bonchev–Trinajstić information content (AvgIpc) is 2.78. The molecule has 1 amide bonds. The highest BCUT2D eigenvalue weighted by Gasteiger charge is 2.23. The van der Waals surface area contributed by atoms with Gasteiger partial charge in [-0.2, -0.15) is 0 Å². The second kappa shape index (κ2) is 10.5. The molecule has 0 bridgehead atoms. The summed E-state index contributed by atoms with van der Waals surface area (Å²) in [6.07, 6.45) is 1.75. The molecule has 1 saturated heterocycles. The molecule has 0 radical (unpaired) electrons. The lowest BCUT2D eigenvalue weighted by Crippen LogP contribution is -2.50. The van der Waals surface area contributed by atoms with Gasteiger partial charge in [-0.05, 0) is 48.2 Å². The fourth-order valence-corrected chi connectivity index (χ4v) is 3.56. The van der Waals surface area contributed by atoms with Crippen molar-refractivity contribution in [2.45, 2.75) is 26.7 Å². The number of hydrogen-bond acceptors (Lipinski definition) is 6. The van der Waals surface area contributed by atoms with Crippen molar-refractivity contribution in [3.05, 3.63) is 52.7 Å². The molecule has 1 aliphatic rings. The topological polar surface area (TPSA) is 72.0 Å². The monoisotopic (exact) mass is 445 g/mol. The van der Waals surface area contributed by atoms with E-state index in [1.54, 1.807) is 11.1 Å². The van der Waals surface area contributed by atoms with Gasteiger partial charge < -0.3 is 19.3 Å². The van der Waals surface area contributed by atoms with Crippen molar-refractivity contribution >= 4 is 29.3 Å². The summed E-state index contributed by atoms with van der Waals surface area (Å²) >= 11 is 6.20. The van der Waals surface area contributed by atoms with Crippen molar-refractivity contribution in [2.24, 2.45) is 0 Å². The molecule has 0 saturated carbocycles. The number of rotatable bonds is 7. The maximum absolute atomic E-state index is 12.4. The van der Waals surface area contributed by atoms with E-state index < -0.39 is 5.97 Å². The van der Waals surface area contributed by atoms with E-state index in [4.69, 9.17) is 21.1 Å². The molecular formula is C23H28ClN3O4. The number of carbonyl (C=O) groups is 2. The number of nitrogens with zero attached hydrogens (tertiary/aromatic N) is 3. The molecule has 166 valence electrons. The van der Waals surface area contributed by atoms with Gasteiger partial charge in [0.25, 0.3) is 5.91 Å². The lowest BCUT2D eigenvalue weighted by molar-refractivity contribution is -0.153. The van der Waals surface area contributed by atoms with Crippen LogP contribution in [0.25, 0.3) is 0 Å². The minimum absolute atomic E-state index is 0.190. The summed E-state index contributed by atoms with van der Waals surface area (Å²) in [7, 11) is 0. The zero-order valence-corrected chi connectivity index (χ0v) is 18.9. The van der Waals surface area contributed by atoms with Gasteiger partial charge in [0.2, 0.25) is 0 Å². The smallest absolute Gasteiger partial charge is 0.344 e. The summed E-state index contributed by atoms with van der Waals surface area (Å²) in [5, 5.41) is 0.660. The summed E-state index contributed by atoms with van der Waals surface area (Å²) in [5.41, 5.74) is 1.79. The number of pyridine rings is 1. The molecule has 7 nitrogen and oxygen atoms in total. The molecule has 2 heterocycles. The Kier molecular flexibility index (Phi) is 7.74. The van der Waals surface area contributed by atoms with Gasteiger partial charge in [-0.3, -0.25) is 4.79 Å². The van der Waals surface area contributed by atoms with Crippen molar-refractivity contribution in [3.63, 3.8) is 0 Å². The number of aryl methyl sites for hydroxylation is 1. The molecule has 0 spiro atoms. The van der Waals surface area contributed by atoms with Gasteiger partial charge in [-0.15, -0.1) is 0 Å². The number of halogens is 1. The van der Waals surface area contributed by atoms with Gasteiger partial charge in [-0.25, -0.2) is 9.78 Å². The lowest BCUT2D eigenvalue weighted by Gasteiger charge is -2.35. The number of hydrogen-bond donors (Lipinski definition) is 0. The number of benzene rings is 1. The number of piperazine rings is 1. The van der Waals surface area contributed by atoms with Gasteiger partial charge in [0.05, 0.1) is 0 Å². The molecule has 1 aromatic carbocycles. The highest BCUT2D eigenvalue weighted by Crippen LogP contribution is 2.32. The van der Waals surface area contributed by atoms with Crippen molar-refractivity contribution in [3.8, 4) is 5.75 Å². The van der Waals surface area contributed by atoms with Crippen LogP contribution in [0, 0.1) is 6.92 Å². The zero-order chi connectivity index (χ0) is 22.4. The van der Waals surface area contributed by atoms with E-state index in [2.05, 4.69) is 9.88 Å². The molecule has 1 aromatic heterocycles.